The SMILES string of the molecule is O=C(CN1CCOC1=O)N1CCC2(CC1)CC(=O)N(C/C=C/c1ccccc1)C2. The molecular formula is C22H27N3O4. The van der Waals surface area contributed by atoms with Crippen LogP contribution in [0, 0.1) is 5.41 Å². The van der Waals surface area contributed by atoms with Gasteiger partial charge in [-0.15, -0.1) is 0 Å². The molecule has 154 valence electrons. The van der Waals surface area contributed by atoms with Crippen molar-refractivity contribution < 1.29 is 19.1 Å². The molecule has 3 aliphatic rings. The molecule has 1 spiro atoms. The second kappa shape index (κ2) is 8.27. The highest BCUT2D eigenvalue weighted by molar-refractivity contribution is 5.83. The van der Waals surface area contributed by atoms with E-state index in [0.717, 1.165) is 24.9 Å². The van der Waals surface area contributed by atoms with Crippen LogP contribution in [0.25, 0.3) is 6.08 Å². The summed E-state index contributed by atoms with van der Waals surface area (Å²) < 4.78 is 4.88. The number of carbonyl (C=O) groups is 3. The molecule has 3 fully saturated rings. The van der Waals surface area contributed by atoms with Crippen LogP contribution in [0.15, 0.2) is 36.4 Å². The van der Waals surface area contributed by atoms with Crippen molar-refractivity contribution in [3.63, 3.8) is 0 Å². The van der Waals surface area contributed by atoms with Crippen molar-refractivity contribution in [3.05, 3.63) is 42.0 Å². The molecule has 29 heavy (non-hydrogen) atoms. The van der Waals surface area contributed by atoms with E-state index in [4.69, 9.17) is 4.74 Å². The molecule has 1 aromatic carbocycles. The molecule has 7 nitrogen and oxygen atoms in total. The Morgan fingerprint density at radius 3 is 2.52 bits per heavy atom. The smallest absolute Gasteiger partial charge is 0.410 e. The van der Waals surface area contributed by atoms with E-state index in [1.54, 1.807) is 0 Å². The molecule has 0 saturated carbocycles. The Kier molecular flexibility index (Phi) is 5.56. The summed E-state index contributed by atoms with van der Waals surface area (Å²) in [6.07, 6.45) is 5.89. The summed E-state index contributed by atoms with van der Waals surface area (Å²) in [4.78, 5) is 41.8. The number of benzene rings is 1. The first kappa shape index (κ1) is 19.5. The number of hydrogen-bond acceptors (Lipinski definition) is 4. The van der Waals surface area contributed by atoms with E-state index in [2.05, 4.69) is 0 Å². The topological polar surface area (TPSA) is 70.2 Å². The largest absolute Gasteiger partial charge is 0.448 e. The number of hydrogen-bond donors (Lipinski definition) is 0. The van der Waals surface area contributed by atoms with E-state index in [-0.39, 0.29) is 23.8 Å². The Morgan fingerprint density at radius 2 is 1.83 bits per heavy atom. The fourth-order valence-corrected chi connectivity index (χ4v) is 4.43. The lowest BCUT2D eigenvalue weighted by Crippen LogP contribution is -2.47. The number of piperidine rings is 1. The summed E-state index contributed by atoms with van der Waals surface area (Å²) >= 11 is 0. The predicted octanol–water partition coefficient (Wildman–Crippen LogP) is 1.99. The molecule has 0 N–H and O–H groups in total. The van der Waals surface area contributed by atoms with E-state index in [1.165, 1.54) is 4.90 Å². The minimum absolute atomic E-state index is 0.0268. The average molecular weight is 397 g/mol. The molecule has 0 radical (unpaired) electrons. The fourth-order valence-electron chi connectivity index (χ4n) is 4.43. The maximum absolute atomic E-state index is 12.5. The van der Waals surface area contributed by atoms with Crippen molar-refractivity contribution >= 4 is 24.0 Å². The van der Waals surface area contributed by atoms with Crippen molar-refractivity contribution in [2.45, 2.75) is 19.3 Å². The summed E-state index contributed by atoms with van der Waals surface area (Å²) in [5.41, 5.74) is 1.10. The second-order valence-electron chi connectivity index (χ2n) is 8.18. The molecule has 3 heterocycles. The van der Waals surface area contributed by atoms with E-state index in [1.807, 2.05) is 52.3 Å². The quantitative estimate of drug-likeness (QED) is 0.762. The second-order valence-corrected chi connectivity index (χ2v) is 8.18. The summed E-state index contributed by atoms with van der Waals surface area (Å²) in [7, 11) is 0. The highest BCUT2D eigenvalue weighted by Crippen LogP contribution is 2.41. The maximum atomic E-state index is 12.5. The van der Waals surface area contributed by atoms with Gasteiger partial charge in [0.1, 0.15) is 13.2 Å². The van der Waals surface area contributed by atoms with Gasteiger partial charge in [0.15, 0.2) is 0 Å². The van der Waals surface area contributed by atoms with Crippen LogP contribution >= 0.6 is 0 Å². The van der Waals surface area contributed by atoms with E-state index in [0.29, 0.717) is 39.2 Å². The van der Waals surface area contributed by atoms with Crippen LogP contribution in [0.3, 0.4) is 0 Å². The van der Waals surface area contributed by atoms with E-state index < -0.39 is 6.09 Å². The Morgan fingerprint density at radius 1 is 1.07 bits per heavy atom. The number of carbonyl (C=O) groups excluding carboxylic acids is 3. The van der Waals surface area contributed by atoms with Gasteiger partial charge in [0.2, 0.25) is 11.8 Å². The number of rotatable bonds is 5. The molecule has 3 saturated heterocycles. The summed E-state index contributed by atoms with van der Waals surface area (Å²) in [5, 5.41) is 0. The normalized spacial score (nSPS) is 21.4. The van der Waals surface area contributed by atoms with Crippen LogP contribution in [0.1, 0.15) is 24.8 Å². The molecule has 4 rings (SSSR count). The molecular weight excluding hydrogens is 370 g/mol. The highest BCUT2D eigenvalue weighted by atomic mass is 16.6. The van der Waals surface area contributed by atoms with Crippen molar-refractivity contribution in [2.75, 3.05) is 45.9 Å². The van der Waals surface area contributed by atoms with Gasteiger partial charge >= 0.3 is 6.09 Å². The molecule has 1 aromatic rings. The van der Waals surface area contributed by atoms with Crippen LogP contribution in [-0.4, -0.2) is 78.5 Å². The van der Waals surface area contributed by atoms with Gasteiger partial charge in [-0.25, -0.2) is 4.79 Å². The van der Waals surface area contributed by atoms with Gasteiger partial charge in [0.25, 0.3) is 0 Å². The van der Waals surface area contributed by atoms with Gasteiger partial charge < -0.3 is 14.5 Å². The zero-order valence-electron chi connectivity index (χ0n) is 16.6. The Bertz CT molecular complexity index is 800. The standard InChI is InChI=1S/C22H27N3O4/c26-19-15-22(17-25(19)10-4-7-18-5-2-1-3-6-18)8-11-23(12-9-22)20(27)16-24-13-14-29-21(24)28/h1-7H,8-17H2/b7-4+. The first-order valence-electron chi connectivity index (χ1n) is 10.2. The number of nitrogens with zero attached hydrogens (tertiary/aromatic N) is 3. The third-order valence-electron chi connectivity index (χ3n) is 6.19. The van der Waals surface area contributed by atoms with Gasteiger partial charge in [0.05, 0.1) is 6.54 Å². The average Bonchev–Trinajstić information content (AvgIpc) is 3.26. The number of ether oxygens (including phenoxy) is 1. The molecule has 0 bridgehead atoms. The van der Waals surface area contributed by atoms with Gasteiger partial charge in [-0.1, -0.05) is 42.5 Å². The third kappa shape index (κ3) is 4.44. The minimum Gasteiger partial charge on any atom is -0.448 e. The van der Waals surface area contributed by atoms with Crippen molar-refractivity contribution in [1.82, 2.24) is 14.7 Å². The fraction of sp³-hybridized carbons (Fsp3) is 0.500. The third-order valence-corrected chi connectivity index (χ3v) is 6.19. The van der Waals surface area contributed by atoms with Crippen molar-refractivity contribution in [3.8, 4) is 0 Å². The number of amides is 3. The summed E-state index contributed by atoms with van der Waals surface area (Å²) in [6.45, 7) is 3.57. The van der Waals surface area contributed by atoms with Crippen LogP contribution in [0.2, 0.25) is 0 Å². The van der Waals surface area contributed by atoms with E-state index >= 15 is 0 Å². The van der Waals surface area contributed by atoms with Crippen LogP contribution in [0.5, 0.6) is 0 Å². The number of likely N-dealkylation sites (tertiary alicyclic amines) is 2. The Labute approximate surface area is 170 Å². The molecule has 7 heteroatoms. The van der Waals surface area contributed by atoms with Gasteiger partial charge in [0, 0.05) is 38.0 Å². The lowest BCUT2D eigenvalue weighted by Gasteiger charge is -2.39. The minimum atomic E-state index is -0.410. The maximum Gasteiger partial charge on any atom is 0.410 e. The van der Waals surface area contributed by atoms with Crippen LogP contribution in [0.4, 0.5) is 4.79 Å². The summed E-state index contributed by atoms with van der Waals surface area (Å²) in [6, 6.07) is 10.1. The Balaban J connectivity index is 1.27. The van der Waals surface area contributed by atoms with E-state index in [9.17, 15) is 14.4 Å². The molecule has 0 unspecified atom stereocenters. The Hall–Kier alpha value is -2.83. The molecule has 0 atom stereocenters. The molecule has 0 aromatic heterocycles. The molecule has 3 aliphatic heterocycles. The molecule has 3 amide bonds. The summed E-state index contributed by atoms with van der Waals surface area (Å²) in [5.74, 6) is 0.160. The van der Waals surface area contributed by atoms with Crippen LogP contribution in [-0.2, 0) is 14.3 Å². The predicted molar refractivity (Wildman–Crippen MR) is 108 cm³/mol. The van der Waals surface area contributed by atoms with Crippen molar-refractivity contribution in [2.24, 2.45) is 5.41 Å². The van der Waals surface area contributed by atoms with Gasteiger partial charge in [-0.05, 0) is 18.4 Å². The first-order chi connectivity index (χ1) is 14.0. The first-order valence-corrected chi connectivity index (χ1v) is 10.2. The highest BCUT2D eigenvalue weighted by Gasteiger charge is 2.45. The lowest BCUT2D eigenvalue weighted by molar-refractivity contribution is -0.133. The van der Waals surface area contributed by atoms with Gasteiger partial charge in [-0.2, -0.15) is 0 Å². The number of cyclic esters (lactones) is 1. The van der Waals surface area contributed by atoms with Crippen LogP contribution < -0.4 is 0 Å². The van der Waals surface area contributed by atoms with Gasteiger partial charge in [-0.3, -0.25) is 14.5 Å². The van der Waals surface area contributed by atoms with Crippen molar-refractivity contribution in [1.29, 1.82) is 0 Å². The zero-order valence-corrected chi connectivity index (χ0v) is 16.6. The lowest BCUT2D eigenvalue weighted by atomic mass is 9.77. The molecule has 0 aliphatic carbocycles. The zero-order chi connectivity index (χ0) is 20.3. The monoisotopic (exact) mass is 397 g/mol.